The van der Waals surface area contributed by atoms with Gasteiger partial charge in [0.25, 0.3) is 0 Å². The molecular formula is C24H32BrN3O4S. The van der Waals surface area contributed by atoms with Crippen LogP contribution in [0.25, 0.3) is 0 Å². The Morgan fingerprint density at radius 3 is 2.24 bits per heavy atom. The summed E-state index contributed by atoms with van der Waals surface area (Å²) in [5.41, 5.74) is 2.31. The highest BCUT2D eigenvalue weighted by molar-refractivity contribution is 9.10. The molecule has 0 bridgehead atoms. The summed E-state index contributed by atoms with van der Waals surface area (Å²) in [5.74, 6) is -0.715. The Labute approximate surface area is 205 Å². The number of nitrogens with one attached hydrogen (secondary N) is 1. The van der Waals surface area contributed by atoms with E-state index in [1.165, 1.54) is 4.90 Å². The van der Waals surface area contributed by atoms with Crippen molar-refractivity contribution in [1.82, 2.24) is 10.2 Å². The molecule has 0 aliphatic heterocycles. The SMILES string of the molecule is CC[C@@H](C(=O)NC(C)C)N(Cc1ccc(C)cc1)C(=O)CN(c1cccc(Br)c1)S(C)(=O)=O. The summed E-state index contributed by atoms with van der Waals surface area (Å²) >= 11 is 3.35. The molecule has 1 atom stereocenters. The zero-order chi connectivity index (χ0) is 24.8. The van der Waals surface area contributed by atoms with Crippen LogP contribution in [-0.2, 0) is 26.2 Å². The Morgan fingerprint density at radius 1 is 1.09 bits per heavy atom. The highest BCUT2D eigenvalue weighted by atomic mass is 79.9. The van der Waals surface area contributed by atoms with Gasteiger partial charge in [0.05, 0.1) is 11.9 Å². The van der Waals surface area contributed by atoms with Gasteiger partial charge in [-0.15, -0.1) is 0 Å². The van der Waals surface area contributed by atoms with Crippen LogP contribution in [0.15, 0.2) is 53.0 Å². The molecule has 0 saturated carbocycles. The fraction of sp³-hybridized carbons (Fsp3) is 0.417. The third kappa shape index (κ3) is 7.85. The molecule has 2 aromatic carbocycles. The van der Waals surface area contributed by atoms with E-state index in [4.69, 9.17) is 0 Å². The minimum Gasteiger partial charge on any atom is -0.352 e. The number of nitrogens with zero attached hydrogens (tertiary/aromatic N) is 2. The van der Waals surface area contributed by atoms with Crippen molar-refractivity contribution >= 4 is 43.5 Å². The Morgan fingerprint density at radius 2 is 1.73 bits per heavy atom. The van der Waals surface area contributed by atoms with Crippen molar-refractivity contribution in [3.05, 3.63) is 64.1 Å². The summed E-state index contributed by atoms with van der Waals surface area (Å²) in [6.07, 6.45) is 1.46. The third-order valence-electron chi connectivity index (χ3n) is 5.07. The third-order valence-corrected chi connectivity index (χ3v) is 6.70. The highest BCUT2D eigenvalue weighted by Gasteiger charge is 2.32. The topological polar surface area (TPSA) is 86.8 Å². The number of hydrogen-bond donors (Lipinski definition) is 1. The van der Waals surface area contributed by atoms with Gasteiger partial charge in [0.15, 0.2) is 0 Å². The van der Waals surface area contributed by atoms with Crippen LogP contribution in [0, 0.1) is 6.92 Å². The zero-order valence-corrected chi connectivity index (χ0v) is 22.1. The van der Waals surface area contributed by atoms with Gasteiger partial charge in [0.2, 0.25) is 21.8 Å². The van der Waals surface area contributed by atoms with Gasteiger partial charge in [0, 0.05) is 17.1 Å². The summed E-state index contributed by atoms with van der Waals surface area (Å²) < 4.78 is 26.9. The van der Waals surface area contributed by atoms with Gasteiger partial charge in [-0.1, -0.05) is 58.7 Å². The molecule has 33 heavy (non-hydrogen) atoms. The number of sulfonamides is 1. The summed E-state index contributed by atoms with van der Waals surface area (Å²) in [7, 11) is -3.75. The van der Waals surface area contributed by atoms with E-state index >= 15 is 0 Å². The first-order valence-electron chi connectivity index (χ1n) is 10.8. The normalized spacial score (nSPS) is 12.3. The lowest BCUT2D eigenvalue weighted by molar-refractivity contribution is -0.140. The number of carbonyl (C=O) groups is 2. The van der Waals surface area contributed by atoms with Crippen molar-refractivity contribution in [2.24, 2.45) is 0 Å². The molecule has 0 aliphatic rings. The van der Waals surface area contributed by atoms with Gasteiger partial charge in [0.1, 0.15) is 12.6 Å². The van der Waals surface area contributed by atoms with Crippen molar-refractivity contribution in [2.45, 2.75) is 52.7 Å². The second-order valence-electron chi connectivity index (χ2n) is 8.34. The number of aryl methyl sites for hydroxylation is 1. The number of hydrogen-bond acceptors (Lipinski definition) is 4. The smallest absolute Gasteiger partial charge is 0.244 e. The van der Waals surface area contributed by atoms with Crippen LogP contribution >= 0.6 is 15.9 Å². The molecule has 2 aromatic rings. The Hall–Kier alpha value is -2.39. The number of benzene rings is 2. The van der Waals surface area contributed by atoms with Gasteiger partial charge in [-0.25, -0.2) is 8.42 Å². The average Bonchev–Trinajstić information content (AvgIpc) is 2.71. The molecular weight excluding hydrogens is 506 g/mol. The van der Waals surface area contributed by atoms with E-state index in [1.807, 2.05) is 52.0 Å². The van der Waals surface area contributed by atoms with E-state index in [9.17, 15) is 18.0 Å². The maximum absolute atomic E-state index is 13.5. The van der Waals surface area contributed by atoms with Gasteiger partial charge in [-0.05, 0) is 51.0 Å². The quantitative estimate of drug-likeness (QED) is 0.498. The van der Waals surface area contributed by atoms with Crippen molar-refractivity contribution in [1.29, 1.82) is 0 Å². The van der Waals surface area contributed by atoms with Crippen LogP contribution in [0.1, 0.15) is 38.3 Å². The molecule has 0 heterocycles. The van der Waals surface area contributed by atoms with Crippen LogP contribution in [0.4, 0.5) is 5.69 Å². The number of carbonyl (C=O) groups excluding carboxylic acids is 2. The number of halogens is 1. The first kappa shape index (κ1) is 26.9. The molecule has 0 radical (unpaired) electrons. The number of rotatable bonds is 10. The van der Waals surface area contributed by atoms with Gasteiger partial charge >= 0.3 is 0 Å². The van der Waals surface area contributed by atoms with Gasteiger partial charge in [-0.3, -0.25) is 13.9 Å². The second-order valence-corrected chi connectivity index (χ2v) is 11.2. The van der Waals surface area contributed by atoms with Crippen molar-refractivity contribution < 1.29 is 18.0 Å². The average molecular weight is 539 g/mol. The minimum absolute atomic E-state index is 0.0861. The lowest BCUT2D eigenvalue weighted by Crippen LogP contribution is -2.53. The first-order chi connectivity index (χ1) is 15.4. The maximum Gasteiger partial charge on any atom is 0.244 e. The van der Waals surface area contributed by atoms with Crippen molar-refractivity contribution in [3.63, 3.8) is 0 Å². The minimum atomic E-state index is -3.75. The molecule has 9 heteroatoms. The Balaban J connectivity index is 2.43. The predicted octanol–water partition coefficient (Wildman–Crippen LogP) is 3.86. The monoisotopic (exact) mass is 537 g/mol. The highest BCUT2D eigenvalue weighted by Crippen LogP contribution is 2.23. The van der Waals surface area contributed by atoms with Crippen LogP contribution < -0.4 is 9.62 Å². The Bertz CT molecular complexity index is 1070. The molecule has 2 amide bonds. The van der Waals surface area contributed by atoms with Crippen molar-refractivity contribution in [3.8, 4) is 0 Å². The first-order valence-corrected chi connectivity index (χ1v) is 13.4. The van der Waals surface area contributed by atoms with E-state index in [1.54, 1.807) is 24.3 Å². The lowest BCUT2D eigenvalue weighted by atomic mass is 10.1. The fourth-order valence-electron chi connectivity index (χ4n) is 3.44. The molecule has 0 unspecified atom stereocenters. The van der Waals surface area contributed by atoms with Gasteiger partial charge in [-0.2, -0.15) is 0 Å². The van der Waals surface area contributed by atoms with E-state index < -0.39 is 28.5 Å². The van der Waals surface area contributed by atoms with Crippen molar-refractivity contribution in [2.75, 3.05) is 17.1 Å². The van der Waals surface area contributed by atoms with E-state index in [-0.39, 0.29) is 18.5 Å². The van der Waals surface area contributed by atoms with E-state index in [2.05, 4.69) is 21.2 Å². The summed E-state index contributed by atoms with van der Waals surface area (Å²) in [6.45, 7) is 7.30. The molecule has 180 valence electrons. The summed E-state index contributed by atoms with van der Waals surface area (Å²) in [6, 6.07) is 13.6. The molecule has 0 aliphatic carbocycles. The van der Waals surface area contributed by atoms with E-state index in [0.29, 0.717) is 16.6 Å². The predicted molar refractivity (Wildman–Crippen MR) is 135 cm³/mol. The molecule has 0 fully saturated rings. The summed E-state index contributed by atoms with van der Waals surface area (Å²) in [4.78, 5) is 27.9. The standard InChI is InChI=1S/C24H32BrN3O4S/c1-6-22(24(30)26-17(2)3)27(15-19-12-10-18(4)11-13-19)23(29)16-28(33(5,31)32)21-9-7-8-20(25)14-21/h7-14,17,22H,6,15-16H2,1-5H3,(H,26,30)/t22-/m0/s1. The number of anilines is 1. The molecule has 0 spiro atoms. The van der Waals surface area contributed by atoms with E-state index in [0.717, 1.165) is 21.7 Å². The lowest BCUT2D eigenvalue weighted by Gasteiger charge is -2.33. The fourth-order valence-corrected chi connectivity index (χ4v) is 4.66. The molecule has 7 nitrogen and oxygen atoms in total. The number of amides is 2. The Kier molecular flexibility index (Phi) is 9.48. The summed E-state index contributed by atoms with van der Waals surface area (Å²) in [5, 5.41) is 2.88. The molecule has 2 rings (SSSR count). The molecule has 0 aromatic heterocycles. The van der Waals surface area contributed by atoms with Gasteiger partial charge < -0.3 is 10.2 Å². The molecule has 0 saturated heterocycles. The second kappa shape index (κ2) is 11.7. The van der Waals surface area contributed by atoms with Crippen LogP contribution in [0.3, 0.4) is 0 Å². The van der Waals surface area contributed by atoms with Crippen LogP contribution in [0.2, 0.25) is 0 Å². The molecule has 1 N–H and O–H groups in total. The zero-order valence-electron chi connectivity index (χ0n) is 19.7. The van der Waals surface area contributed by atoms with Crippen LogP contribution in [0.5, 0.6) is 0 Å². The largest absolute Gasteiger partial charge is 0.352 e. The maximum atomic E-state index is 13.5. The van der Waals surface area contributed by atoms with Crippen LogP contribution in [-0.4, -0.2) is 50.0 Å².